The fourth-order valence-electron chi connectivity index (χ4n) is 2.66. The largest absolute Gasteiger partial charge is 0.505 e. The third-order valence-corrected chi connectivity index (χ3v) is 3.87. The molecule has 2 heterocycles. The summed E-state index contributed by atoms with van der Waals surface area (Å²) in [6, 6.07) is 2.66. The molecule has 23 heavy (non-hydrogen) atoms. The molecule has 0 saturated carbocycles. The molecule has 7 nitrogen and oxygen atoms in total. The second kappa shape index (κ2) is 5.71. The number of aliphatic carboxylic acids is 1. The van der Waals surface area contributed by atoms with E-state index in [1.807, 2.05) is 0 Å². The van der Waals surface area contributed by atoms with Gasteiger partial charge in [0, 0.05) is 6.42 Å². The number of carbonyl (C=O) groups is 2. The number of hydrogen-bond acceptors (Lipinski definition) is 4. The SMILES string of the molecule is O=C(O)[C@@H]1Cc2nc[nH]c2CN1C(=O)Cc1ccc(O)c(F)c1. The molecular formula is C15H14FN3O4. The molecule has 1 amide bonds. The van der Waals surface area contributed by atoms with Crippen LogP contribution in [0, 0.1) is 5.82 Å². The number of rotatable bonds is 3. The predicted molar refractivity (Wildman–Crippen MR) is 76.0 cm³/mol. The lowest BCUT2D eigenvalue weighted by atomic mass is 10.0. The van der Waals surface area contributed by atoms with Crippen LogP contribution in [0.2, 0.25) is 0 Å². The van der Waals surface area contributed by atoms with Gasteiger partial charge >= 0.3 is 5.97 Å². The van der Waals surface area contributed by atoms with E-state index in [2.05, 4.69) is 9.97 Å². The number of fused-ring (bicyclic) bond motifs is 1. The molecule has 0 aliphatic carbocycles. The maximum absolute atomic E-state index is 13.3. The summed E-state index contributed by atoms with van der Waals surface area (Å²) in [6.45, 7) is 0.117. The van der Waals surface area contributed by atoms with Crippen LogP contribution in [0.15, 0.2) is 24.5 Å². The summed E-state index contributed by atoms with van der Waals surface area (Å²) in [6.07, 6.45) is 1.45. The van der Waals surface area contributed by atoms with Crippen LogP contribution < -0.4 is 0 Å². The Kier molecular flexibility index (Phi) is 3.73. The molecule has 0 radical (unpaired) electrons. The molecule has 0 bridgehead atoms. The summed E-state index contributed by atoms with van der Waals surface area (Å²) >= 11 is 0. The lowest BCUT2D eigenvalue weighted by Gasteiger charge is -2.32. The molecule has 1 aliphatic heterocycles. The van der Waals surface area contributed by atoms with Gasteiger partial charge in [0.1, 0.15) is 6.04 Å². The maximum atomic E-state index is 13.3. The van der Waals surface area contributed by atoms with Gasteiger partial charge in [-0.2, -0.15) is 0 Å². The average molecular weight is 319 g/mol. The third kappa shape index (κ3) is 2.87. The zero-order chi connectivity index (χ0) is 16.6. The van der Waals surface area contributed by atoms with Gasteiger partial charge in [0.15, 0.2) is 11.6 Å². The summed E-state index contributed by atoms with van der Waals surface area (Å²) in [7, 11) is 0. The van der Waals surface area contributed by atoms with Gasteiger partial charge in [-0.3, -0.25) is 4.79 Å². The number of aromatic amines is 1. The van der Waals surface area contributed by atoms with Gasteiger partial charge in [0.05, 0.1) is 30.7 Å². The van der Waals surface area contributed by atoms with Crippen LogP contribution in [0.1, 0.15) is 17.0 Å². The van der Waals surface area contributed by atoms with Gasteiger partial charge in [-0.05, 0) is 17.7 Å². The average Bonchev–Trinajstić information content (AvgIpc) is 2.97. The number of benzene rings is 1. The van der Waals surface area contributed by atoms with Crippen LogP contribution in [-0.2, 0) is 29.0 Å². The summed E-state index contributed by atoms with van der Waals surface area (Å²) in [5, 5.41) is 18.5. The van der Waals surface area contributed by atoms with E-state index in [1.165, 1.54) is 17.3 Å². The number of hydrogen-bond donors (Lipinski definition) is 3. The first-order chi connectivity index (χ1) is 11.0. The normalized spacial score (nSPS) is 16.9. The van der Waals surface area contributed by atoms with E-state index in [0.717, 1.165) is 12.1 Å². The quantitative estimate of drug-likeness (QED) is 0.777. The number of phenolic OH excluding ortho intramolecular Hbond substituents is 1. The first kappa shape index (κ1) is 15.0. The van der Waals surface area contributed by atoms with Gasteiger partial charge in [0.2, 0.25) is 5.91 Å². The summed E-state index contributed by atoms with van der Waals surface area (Å²) < 4.78 is 13.3. The van der Waals surface area contributed by atoms with E-state index in [-0.39, 0.29) is 19.4 Å². The minimum atomic E-state index is -1.11. The van der Waals surface area contributed by atoms with Crippen molar-refractivity contribution in [1.29, 1.82) is 0 Å². The van der Waals surface area contributed by atoms with Crippen LogP contribution in [-0.4, -0.2) is 43.0 Å². The number of amides is 1. The Hall–Kier alpha value is -2.90. The van der Waals surface area contributed by atoms with Crippen molar-refractivity contribution in [2.45, 2.75) is 25.4 Å². The van der Waals surface area contributed by atoms with E-state index in [9.17, 15) is 19.1 Å². The molecule has 1 aliphatic rings. The van der Waals surface area contributed by atoms with Crippen LogP contribution in [0.5, 0.6) is 5.75 Å². The highest BCUT2D eigenvalue weighted by Gasteiger charge is 2.35. The Labute approximate surface area is 130 Å². The Morgan fingerprint density at radius 3 is 2.91 bits per heavy atom. The highest BCUT2D eigenvalue weighted by atomic mass is 19.1. The topological polar surface area (TPSA) is 107 Å². The van der Waals surface area contributed by atoms with E-state index in [4.69, 9.17) is 5.11 Å². The summed E-state index contributed by atoms with van der Waals surface area (Å²) in [5.41, 5.74) is 1.70. The van der Waals surface area contributed by atoms with Crippen LogP contribution in [0.3, 0.4) is 0 Å². The van der Waals surface area contributed by atoms with Gasteiger partial charge in [-0.25, -0.2) is 14.2 Å². The smallest absolute Gasteiger partial charge is 0.326 e. The molecule has 3 rings (SSSR count). The molecule has 0 fully saturated rings. The highest BCUT2D eigenvalue weighted by Crippen LogP contribution is 2.23. The molecule has 0 saturated heterocycles. The third-order valence-electron chi connectivity index (χ3n) is 3.87. The van der Waals surface area contributed by atoms with Gasteiger partial charge < -0.3 is 20.1 Å². The van der Waals surface area contributed by atoms with Gasteiger partial charge in [0.25, 0.3) is 0 Å². The minimum absolute atomic E-state index is 0.117. The number of phenols is 1. The van der Waals surface area contributed by atoms with E-state index in [1.54, 1.807) is 0 Å². The molecular weight excluding hydrogens is 305 g/mol. The van der Waals surface area contributed by atoms with Crippen LogP contribution >= 0.6 is 0 Å². The molecule has 3 N–H and O–H groups in total. The summed E-state index contributed by atoms with van der Waals surface area (Å²) in [5.74, 6) is -2.85. The van der Waals surface area contributed by atoms with Crippen molar-refractivity contribution in [2.75, 3.05) is 0 Å². The molecule has 1 aromatic heterocycles. The second-order valence-electron chi connectivity index (χ2n) is 5.37. The highest BCUT2D eigenvalue weighted by molar-refractivity contribution is 5.85. The Morgan fingerprint density at radius 2 is 2.22 bits per heavy atom. The van der Waals surface area contributed by atoms with E-state index < -0.39 is 29.5 Å². The standard InChI is InChI=1S/C15H14FN3O4/c16-9-3-8(1-2-13(9)20)4-14(21)19-6-11-10(17-7-18-11)5-12(19)15(22)23/h1-3,7,12,20H,4-6H2,(H,17,18)(H,22,23)/t12-/m0/s1. The number of imidazole rings is 1. The fourth-order valence-corrected chi connectivity index (χ4v) is 2.66. The predicted octanol–water partition coefficient (Wildman–Crippen LogP) is 0.835. The van der Waals surface area contributed by atoms with Crippen molar-refractivity contribution in [3.63, 3.8) is 0 Å². The Morgan fingerprint density at radius 1 is 1.43 bits per heavy atom. The summed E-state index contributed by atoms with van der Waals surface area (Å²) in [4.78, 5) is 32.1. The number of H-pyrrole nitrogens is 1. The number of carboxylic acid groups (broad SMARTS) is 1. The number of halogens is 1. The molecule has 120 valence electrons. The number of nitrogens with one attached hydrogen (secondary N) is 1. The zero-order valence-electron chi connectivity index (χ0n) is 12.0. The number of aromatic hydroxyl groups is 1. The van der Waals surface area contributed by atoms with Gasteiger partial charge in [-0.15, -0.1) is 0 Å². The molecule has 0 spiro atoms. The second-order valence-corrected chi connectivity index (χ2v) is 5.37. The first-order valence-corrected chi connectivity index (χ1v) is 6.96. The maximum Gasteiger partial charge on any atom is 0.326 e. The van der Waals surface area contributed by atoms with Gasteiger partial charge in [-0.1, -0.05) is 6.07 Å². The molecule has 0 unspecified atom stereocenters. The van der Waals surface area contributed by atoms with Crippen molar-refractivity contribution in [3.8, 4) is 5.75 Å². The molecule has 1 atom stereocenters. The Balaban J connectivity index is 1.82. The van der Waals surface area contributed by atoms with Crippen molar-refractivity contribution >= 4 is 11.9 Å². The van der Waals surface area contributed by atoms with Crippen LogP contribution in [0.4, 0.5) is 4.39 Å². The first-order valence-electron chi connectivity index (χ1n) is 6.96. The van der Waals surface area contributed by atoms with E-state index >= 15 is 0 Å². The van der Waals surface area contributed by atoms with Crippen molar-refractivity contribution in [1.82, 2.24) is 14.9 Å². The minimum Gasteiger partial charge on any atom is -0.505 e. The lowest BCUT2D eigenvalue weighted by molar-refractivity contribution is -0.151. The zero-order valence-corrected chi connectivity index (χ0v) is 12.0. The number of carboxylic acids is 1. The number of aromatic nitrogens is 2. The fraction of sp³-hybridized carbons (Fsp3) is 0.267. The Bertz CT molecular complexity index is 774. The van der Waals surface area contributed by atoms with E-state index in [0.29, 0.717) is 17.0 Å². The number of carbonyl (C=O) groups excluding carboxylic acids is 1. The molecule has 2 aromatic rings. The monoisotopic (exact) mass is 319 g/mol. The molecule has 1 aromatic carbocycles. The van der Waals surface area contributed by atoms with Crippen molar-refractivity contribution in [3.05, 3.63) is 47.3 Å². The lowest BCUT2D eigenvalue weighted by Crippen LogP contribution is -2.49. The van der Waals surface area contributed by atoms with Crippen molar-refractivity contribution in [2.24, 2.45) is 0 Å². The molecule has 8 heteroatoms. The van der Waals surface area contributed by atoms with Crippen molar-refractivity contribution < 1.29 is 24.2 Å². The number of nitrogens with zero attached hydrogens (tertiary/aromatic N) is 2. The van der Waals surface area contributed by atoms with Crippen LogP contribution in [0.25, 0.3) is 0 Å².